The number of carbonyl (C=O) groups excluding carboxylic acids is 1. The van der Waals surface area contributed by atoms with E-state index >= 15 is 0 Å². The number of halogens is 2. The number of piperazine rings is 1. The van der Waals surface area contributed by atoms with Crippen LogP contribution in [0.4, 0.5) is 4.39 Å². The summed E-state index contributed by atoms with van der Waals surface area (Å²) in [5.74, 6) is -1.72. The molecule has 0 radical (unpaired) electrons. The van der Waals surface area contributed by atoms with Gasteiger partial charge in [-0.3, -0.25) is 9.69 Å². The molecule has 0 aromatic heterocycles. The Kier molecular flexibility index (Phi) is 7.23. The van der Waals surface area contributed by atoms with E-state index in [-0.39, 0.29) is 22.9 Å². The van der Waals surface area contributed by atoms with Crippen LogP contribution in [0.25, 0.3) is 0 Å². The van der Waals surface area contributed by atoms with Crippen molar-refractivity contribution in [2.75, 3.05) is 38.5 Å². The van der Waals surface area contributed by atoms with Crippen molar-refractivity contribution in [3.05, 3.63) is 70.5 Å². The first-order valence-electron chi connectivity index (χ1n) is 9.33. The first-order chi connectivity index (χ1) is 13.9. The Hall–Kier alpha value is -2.00. The zero-order valence-corrected chi connectivity index (χ0v) is 17.4. The Balaban J connectivity index is 1.47. The van der Waals surface area contributed by atoms with Gasteiger partial charge in [-0.1, -0.05) is 48.0 Å². The van der Waals surface area contributed by atoms with Gasteiger partial charge < -0.3 is 5.32 Å². The normalized spacial score (nSPS) is 15.9. The van der Waals surface area contributed by atoms with Crippen LogP contribution in [0.3, 0.4) is 0 Å². The van der Waals surface area contributed by atoms with Crippen LogP contribution in [0.2, 0.25) is 5.02 Å². The van der Waals surface area contributed by atoms with Gasteiger partial charge in [0.25, 0.3) is 5.91 Å². The molecule has 2 aromatic rings. The summed E-state index contributed by atoms with van der Waals surface area (Å²) in [6, 6.07) is 14.0. The maximum atomic E-state index is 13.8. The Morgan fingerprint density at radius 2 is 1.72 bits per heavy atom. The topological polar surface area (TPSA) is 69.7 Å². The van der Waals surface area contributed by atoms with Crippen LogP contribution in [-0.2, 0) is 16.6 Å². The van der Waals surface area contributed by atoms with E-state index in [0.717, 1.165) is 12.6 Å². The molecule has 1 aliphatic rings. The van der Waals surface area contributed by atoms with Crippen LogP contribution < -0.4 is 5.32 Å². The number of nitrogens with zero attached hydrogens (tertiary/aromatic N) is 2. The second kappa shape index (κ2) is 9.67. The molecule has 3 rings (SSSR count). The quantitative estimate of drug-likeness (QED) is 0.719. The van der Waals surface area contributed by atoms with Crippen molar-refractivity contribution in [1.29, 1.82) is 0 Å². The van der Waals surface area contributed by atoms with Crippen molar-refractivity contribution in [3.8, 4) is 0 Å². The van der Waals surface area contributed by atoms with Crippen LogP contribution in [-0.4, -0.2) is 62.0 Å². The summed E-state index contributed by atoms with van der Waals surface area (Å²) >= 11 is 5.85. The van der Waals surface area contributed by atoms with Crippen LogP contribution in [0.15, 0.2) is 48.5 Å². The minimum atomic E-state index is -3.51. The lowest BCUT2D eigenvalue weighted by atomic mass is 10.2. The third kappa shape index (κ3) is 5.76. The number of amides is 1. The largest absolute Gasteiger partial charge is 0.351 e. The molecule has 29 heavy (non-hydrogen) atoms. The van der Waals surface area contributed by atoms with E-state index in [0.29, 0.717) is 26.2 Å². The number of rotatable bonds is 7. The molecule has 1 N–H and O–H groups in total. The lowest BCUT2D eigenvalue weighted by Gasteiger charge is -2.34. The lowest BCUT2D eigenvalue weighted by molar-refractivity contribution is 0.0952. The predicted molar refractivity (Wildman–Crippen MR) is 111 cm³/mol. The molecule has 1 aliphatic heterocycles. The Morgan fingerprint density at radius 3 is 2.38 bits per heavy atom. The van der Waals surface area contributed by atoms with Gasteiger partial charge in [-0.25, -0.2) is 12.8 Å². The van der Waals surface area contributed by atoms with E-state index in [1.54, 1.807) is 0 Å². The molecule has 156 valence electrons. The molecule has 0 spiro atoms. The highest BCUT2D eigenvalue weighted by atomic mass is 35.5. The molecule has 1 fully saturated rings. The average Bonchev–Trinajstić information content (AvgIpc) is 2.69. The molecular formula is C20H23ClFN3O3S. The zero-order chi connectivity index (χ0) is 20.9. The van der Waals surface area contributed by atoms with E-state index in [1.807, 2.05) is 30.3 Å². The number of benzene rings is 2. The summed E-state index contributed by atoms with van der Waals surface area (Å²) in [6.07, 6.45) is 0. The Bertz CT molecular complexity index is 928. The highest BCUT2D eigenvalue weighted by Crippen LogP contribution is 2.18. The molecule has 0 bridgehead atoms. The van der Waals surface area contributed by atoms with E-state index in [9.17, 15) is 17.6 Å². The first kappa shape index (κ1) is 21.7. The van der Waals surface area contributed by atoms with Gasteiger partial charge in [0, 0.05) is 39.3 Å². The molecule has 0 saturated carbocycles. The third-order valence-electron chi connectivity index (χ3n) is 4.81. The minimum absolute atomic E-state index is 0.0140. The molecule has 0 unspecified atom stereocenters. The predicted octanol–water partition coefficient (Wildman–Crippen LogP) is 2.36. The van der Waals surface area contributed by atoms with Gasteiger partial charge in [-0.2, -0.15) is 4.31 Å². The van der Waals surface area contributed by atoms with Crippen molar-refractivity contribution < 1.29 is 17.6 Å². The van der Waals surface area contributed by atoms with Gasteiger partial charge in [-0.05, 0) is 17.7 Å². The summed E-state index contributed by atoms with van der Waals surface area (Å²) in [7, 11) is -3.51. The summed E-state index contributed by atoms with van der Waals surface area (Å²) in [6.45, 7) is 2.77. The molecule has 1 saturated heterocycles. The maximum absolute atomic E-state index is 13.8. The van der Waals surface area contributed by atoms with E-state index in [1.165, 1.54) is 22.0 Å². The zero-order valence-electron chi connectivity index (χ0n) is 15.9. The Morgan fingerprint density at radius 1 is 1.03 bits per heavy atom. The number of sulfonamides is 1. The molecule has 0 atom stereocenters. The van der Waals surface area contributed by atoms with Crippen LogP contribution in [0.1, 0.15) is 15.9 Å². The number of hydrogen-bond acceptors (Lipinski definition) is 4. The number of hydrogen-bond donors (Lipinski definition) is 1. The smallest absolute Gasteiger partial charge is 0.255 e. The van der Waals surface area contributed by atoms with E-state index in [2.05, 4.69) is 10.2 Å². The number of carbonyl (C=O) groups is 1. The summed E-state index contributed by atoms with van der Waals surface area (Å²) in [4.78, 5) is 14.3. The van der Waals surface area contributed by atoms with Gasteiger partial charge in [0.2, 0.25) is 10.0 Å². The molecular weight excluding hydrogens is 417 g/mol. The monoisotopic (exact) mass is 439 g/mol. The van der Waals surface area contributed by atoms with E-state index in [4.69, 9.17) is 11.6 Å². The van der Waals surface area contributed by atoms with Gasteiger partial charge in [0.15, 0.2) is 0 Å². The maximum Gasteiger partial charge on any atom is 0.255 e. The Labute approximate surface area is 175 Å². The second-order valence-corrected chi connectivity index (χ2v) is 9.33. The van der Waals surface area contributed by atoms with Crippen LogP contribution in [0.5, 0.6) is 0 Å². The number of nitrogens with one attached hydrogen (secondary N) is 1. The standard InChI is InChI=1S/C20H23ClFN3O3S/c21-17-7-4-8-18(22)19(17)20(26)23-9-14-29(27,28)25-12-10-24(11-13-25)15-16-5-2-1-3-6-16/h1-8H,9-15H2,(H,23,26). The summed E-state index contributed by atoms with van der Waals surface area (Å²) < 4.78 is 40.3. The first-order valence-corrected chi connectivity index (χ1v) is 11.3. The summed E-state index contributed by atoms with van der Waals surface area (Å²) in [5.41, 5.74) is 0.916. The fraction of sp³-hybridized carbons (Fsp3) is 0.350. The van der Waals surface area contributed by atoms with E-state index < -0.39 is 21.7 Å². The van der Waals surface area contributed by atoms with Gasteiger partial charge in [0.1, 0.15) is 5.82 Å². The average molecular weight is 440 g/mol. The van der Waals surface area contributed by atoms with Crippen molar-refractivity contribution in [2.24, 2.45) is 0 Å². The third-order valence-corrected chi connectivity index (χ3v) is 7.00. The minimum Gasteiger partial charge on any atom is -0.351 e. The highest BCUT2D eigenvalue weighted by molar-refractivity contribution is 7.89. The fourth-order valence-electron chi connectivity index (χ4n) is 3.23. The van der Waals surface area contributed by atoms with Gasteiger partial charge in [-0.15, -0.1) is 0 Å². The highest BCUT2D eigenvalue weighted by Gasteiger charge is 2.27. The molecule has 6 nitrogen and oxygen atoms in total. The van der Waals surface area contributed by atoms with Crippen molar-refractivity contribution in [2.45, 2.75) is 6.54 Å². The van der Waals surface area contributed by atoms with Crippen molar-refractivity contribution in [3.63, 3.8) is 0 Å². The van der Waals surface area contributed by atoms with Crippen molar-refractivity contribution in [1.82, 2.24) is 14.5 Å². The second-order valence-electron chi connectivity index (χ2n) is 6.83. The molecule has 0 aliphatic carbocycles. The molecule has 9 heteroatoms. The molecule has 1 amide bonds. The van der Waals surface area contributed by atoms with Gasteiger partial charge in [0.05, 0.1) is 16.3 Å². The molecule has 1 heterocycles. The van der Waals surface area contributed by atoms with Crippen LogP contribution in [0, 0.1) is 5.82 Å². The lowest BCUT2D eigenvalue weighted by Crippen LogP contribution is -2.49. The SMILES string of the molecule is O=C(NCCS(=O)(=O)N1CCN(Cc2ccccc2)CC1)c1c(F)cccc1Cl. The van der Waals surface area contributed by atoms with Crippen LogP contribution >= 0.6 is 11.6 Å². The van der Waals surface area contributed by atoms with Crippen molar-refractivity contribution >= 4 is 27.5 Å². The van der Waals surface area contributed by atoms with Gasteiger partial charge >= 0.3 is 0 Å². The fourth-order valence-corrected chi connectivity index (χ4v) is 4.82. The summed E-state index contributed by atoms with van der Waals surface area (Å²) in [5, 5.41) is 2.42. The molecule has 2 aromatic carbocycles.